The van der Waals surface area contributed by atoms with Crippen LogP contribution in [0.5, 0.6) is 5.75 Å². The molecule has 1 aromatic heterocycles. The van der Waals surface area contributed by atoms with Crippen LogP contribution in [0.1, 0.15) is 30.8 Å². The summed E-state index contributed by atoms with van der Waals surface area (Å²) in [5.41, 5.74) is 2.62. The van der Waals surface area contributed by atoms with Gasteiger partial charge < -0.3 is 10.1 Å². The van der Waals surface area contributed by atoms with Crippen LogP contribution >= 0.6 is 11.6 Å². The van der Waals surface area contributed by atoms with Crippen LogP contribution in [0.2, 0.25) is 5.02 Å². The summed E-state index contributed by atoms with van der Waals surface area (Å²) < 4.78 is 6.89. The summed E-state index contributed by atoms with van der Waals surface area (Å²) in [6, 6.07) is 16.7. The average Bonchev–Trinajstić information content (AvgIpc) is 3.13. The standard InChI is InChI=1S/C21H22ClN3O2/c1-4-14(2)23-21(26)20-13-18(15-8-7-9-16(12-15)27-3)24-25(20)19-11-6-5-10-17(19)22/h5-14H,4H2,1-3H3,(H,23,26). The molecule has 0 fully saturated rings. The summed E-state index contributed by atoms with van der Waals surface area (Å²) in [6.07, 6.45) is 0.842. The molecule has 140 valence electrons. The Hall–Kier alpha value is -2.79. The summed E-state index contributed by atoms with van der Waals surface area (Å²) >= 11 is 6.36. The van der Waals surface area contributed by atoms with Gasteiger partial charge in [-0.1, -0.05) is 42.8 Å². The lowest BCUT2D eigenvalue weighted by Gasteiger charge is -2.13. The second-order valence-corrected chi connectivity index (χ2v) is 6.70. The van der Waals surface area contributed by atoms with Crippen molar-refractivity contribution in [3.63, 3.8) is 0 Å². The number of halogens is 1. The molecular formula is C21H22ClN3O2. The fraction of sp³-hybridized carbons (Fsp3) is 0.238. The fourth-order valence-corrected chi connectivity index (χ4v) is 2.89. The van der Waals surface area contributed by atoms with E-state index in [0.29, 0.717) is 22.1 Å². The van der Waals surface area contributed by atoms with Crippen LogP contribution in [0.25, 0.3) is 16.9 Å². The summed E-state index contributed by atoms with van der Waals surface area (Å²) in [5.74, 6) is 0.538. The van der Waals surface area contributed by atoms with Crippen molar-refractivity contribution >= 4 is 17.5 Å². The van der Waals surface area contributed by atoms with Crippen molar-refractivity contribution in [1.29, 1.82) is 0 Å². The third-order valence-corrected chi connectivity index (χ3v) is 4.70. The maximum Gasteiger partial charge on any atom is 0.270 e. The summed E-state index contributed by atoms with van der Waals surface area (Å²) in [5, 5.41) is 8.18. The minimum absolute atomic E-state index is 0.0624. The Bertz CT molecular complexity index is 952. The molecule has 1 atom stereocenters. The summed E-state index contributed by atoms with van der Waals surface area (Å²) in [7, 11) is 1.62. The highest BCUT2D eigenvalue weighted by atomic mass is 35.5. The molecule has 0 saturated heterocycles. The molecule has 27 heavy (non-hydrogen) atoms. The molecule has 6 heteroatoms. The van der Waals surface area contributed by atoms with Crippen LogP contribution in [0.3, 0.4) is 0 Å². The Labute approximate surface area is 163 Å². The number of carbonyl (C=O) groups is 1. The maximum absolute atomic E-state index is 12.8. The number of benzene rings is 2. The topological polar surface area (TPSA) is 56.1 Å². The smallest absolute Gasteiger partial charge is 0.270 e. The zero-order valence-corrected chi connectivity index (χ0v) is 16.3. The molecule has 1 unspecified atom stereocenters. The monoisotopic (exact) mass is 383 g/mol. The van der Waals surface area contributed by atoms with Gasteiger partial charge in [-0.15, -0.1) is 0 Å². The Kier molecular flexibility index (Phi) is 5.81. The number of hydrogen-bond donors (Lipinski definition) is 1. The molecule has 0 aliphatic heterocycles. The minimum atomic E-state index is -0.189. The molecule has 1 heterocycles. The van der Waals surface area contributed by atoms with E-state index in [0.717, 1.165) is 17.7 Å². The van der Waals surface area contributed by atoms with Gasteiger partial charge in [0.25, 0.3) is 5.91 Å². The van der Waals surface area contributed by atoms with E-state index >= 15 is 0 Å². The van der Waals surface area contributed by atoms with Crippen molar-refractivity contribution in [2.75, 3.05) is 7.11 Å². The van der Waals surface area contributed by atoms with Crippen molar-refractivity contribution < 1.29 is 9.53 Å². The summed E-state index contributed by atoms with van der Waals surface area (Å²) in [6.45, 7) is 4.00. The molecule has 1 amide bonds. The van der Waals surface area contributed by atoms with E-state index in [1.165, 1.54) is 0 Å². The molecular weight excluding hydrogens is 362 g/mol. The number of rotatable bonds is 6. The molecule has 1 N–H and O–H groups in total. The normalized spacial score (nSPS) is 11.9. The van der Waals surface area contributed by atoms with Crippen LogP contribution < -0.4 is 10.1 Å². The first-order valence-corrected chi connectivity index (χ1v) is 9.21. The number of nitrogens with zero attached hydrogens (tertiary/aromatic N) is 2. The number of nitrogens with one attached hydrogen (secondary N) is 1. The van der Waals surface area contributed by atoms with Gasteiger partial charge in [0.15, 0.2) is 0 Å². The van der Waals surface area contributed by atoms with E-state index in [1.807, 2.05) is 56.3 Å². The van der Waals surface area contributed by atoms with Crippen LogP contribution in [0.4, 0.5) is 0 Å². The van der Waals surface area contributed by atoms with E-state index < -0.39 is 0 Å². The largest absolute Gasteiger partial charge is 0.497 e. The first-order chi connectivity index (χ1) is 13.0. The van der Waals surface area contributed by atoms with Gasteiger partial charge >= 0.3 is 0 Å². The molecule has 0 radical (unpaired) electrons. The van der Waals surface area contributed by atoms with Crippen LogP contribution in [0.15, 0.2) is 54.6 Å². The van der Waals surface area contributed by atoms with Gasteiger partial charge in [-0.25, -0.2) is 4.68 Å². The molecule has 0 aliphatic carbocycles. The highest BCUT2D eigenvalue weighted by Gasteiger charge is 2.20. The Morgan fingerprint density at radius 1 is 1.22 bits per heavy atom. The molecule has 3 aromatic rings. The Balaban J connectivity index is 2.11. The summed E-state index contributed by atoms with van der Waals surface area (Å²) in [4.78, 5) is 12.8. The van der Waals surface area contributed by atoms with Crippen LogP contribution in [-0.2, 0) is 0 Å². The third-order valence-electron chi connectivity index (χ3n) is 4.38. The SMILES string of the molecule is CCC(C)NC(=O)c1cc(-c2cccc(OC)c2)nn1-c1ccccc1Cl. The van der Waals surface area contributed by atoms with E-state index in [4.69, 9.17) is 16.3 Å². The molecule has 3 rings (SSSR count). The van der Waals surface area contributed by atoms with Gasteiger partial charge in [0, 0.05) is 11.6 Å². The zero-order chi connectivity index (χ0) is 19.4. The third kappa shape index (κ3) is 4.14. The number of carbonyl (C=O) groups excluding carboxylic acids is 1. The van der Waals surface area contributed by atoms with E-state index in [9.17, 15) is 4.79 Å². The number of methoxy groups -OCH3 is 1. The van der Waals surface area contributed by atoms with E-state index in [-0.39, 0.29) is 11.9 Å². The molecule has 2 aromatic carbocycles. The van der Waals surface area contributed by atoms with Gasteiger partial charge in [-0.3, -0.25) is 4.79 Å². The quantitative estimate of drug-likeness (QED) is 0.669. The fourth-order valence-electron chi connectivity index (χ4n) is 2.67. The van der Waals surface area contributed by atoms with Gasteiger partial charge in [-0.05, 0) is 43.7 Å². The van der Waals surface area contributed by atoms with Gasteiger partial charge in [0.1, 0.15) is 11.4 Å². The first kappa shape index (κ1) is 19.0. The lowest BCUT2D eigenvalue weighted by atomic mass is 10.1. The van der Waals surface area contributed by atoms with Crippen molar-refractivity contribution in [1.82, 2.24) is 15.1 Å². The number of aromatic nitrogens is 2. The van der Waals surface area contributed by atoms with Crippen molar-refractivity contribution in [3.05, 3.63) is 65.3 Å². The molecule has 0 saturated carbocycles. The number of para-hydroxylation sites is 1. The highest BCUT2D eigenvalue weighted by molar-refractivity contribution is 6.32. The number of ether oxygens (including phenoxy) is 1. The predicted molar refractivity (Wildman–Crippen MR) is 108 cm³/mol. The second-order valence-electron chi connectivity index (χ2n) is 6.29. The maximum atomic E-state index is 12.8. The Morgan fingerprint density at radius 3 is 2.70 bits per heavy atom. The van der Waals surface area contributed by atoms with Crippen molar-refractivity contribution in [2.45, 2.75) is 26.3 Å². The first-order valence-electron chi connectivity index (χ1n) is 8.83. The molecule has 0 spiro atoms. The number of hydrogen-bond acceptors (Lipinski definition) is 3. The Morgan fingerprint density at radius 2 is 2.00 bits per heavy atom. The van der Waals surface area contributed by atoms with Gasteiger partial charge in [-0.2, -0.15) is 5.10 Å². The highest BCUT2D eigenvalue weighted by Crippen LogP contribution is 2.27. The lowest BCUT2D eigenvalue weighted by Crippen LogP contribution is -2.33. The van der Waals surface area contributed by atoms with Crippen LogP contribution in [0, 0.1) is 0 Å². The minimum Gasteiger partial charge on any atom is -0.497 e. The van der Waals surface area contributed by atoms with Crippen molar-refractivity contribution in [3.8, 4) is 22.7 Å². The van der Waals surface area contributed by atoms with Crippen molar-refractivity contribution in [2.24, 2.45) is 0 Å². The second kappa shape index (κ2) is 8.27. The lowest BCUT2D eigenvalue weighted by molar-refractivity contribution is 0.0931. The van der Waals surface area contributed by atoms with Gasteiger partial charge in [0.2, 0.25) is 0 Å². The number of amides is 1. The molecule has 5 nitrogen and oxygen atoms in total. The predicted octanol–water partition coefficient (Wildman–Crippen LogP) is 4.73. The molecule has 0 aliphatic rings. The molecule has 0 bridgehead atoms. The zero-order valence-electron chi connectivity index (χ0n) is 15.6. The van der Waals surface area contributed by atoms with Crippen LogP contribution in [-0.4, -0.2) is 28.8 Å². The van der Waals surface area contributed by atoms with E-state index in [1.54, 1.807) is 23.9 Å². The average molecular weight is 384 g/mol. The van der Waals surface area contributed by atoms with Gasteiger partial charge in [0.05, 0.1) is 23.5 Å². The van der Waals surface area contributed by atoms with E-state index in [2.05, 4.69) is 10.4 Å².